The lowest BCUT2D eigenvalue weighted by molar-refractivity contribution is -0.458. The first-order chi connectivity index (χ1) is 12.1. The lowest BCUT2D eigenvalue weighted by Gasteiger charge is -2.74. The number of aliphatic hydroxyl groups is 4. The molecule has 0 radical (unpaired) electrons. The largest absolute Gasteiger partial charge is 0.392 e. The average Bonchev–Trinajstić information content (AvgIpc) is 2.69. The predicted molar refractivity (Wildman–Crippen MR) is 90.7 cm³/mol. The van der Waals surface area contributed by atoms with Crippen LogP contribution in [0, 0.1) is 34.0 Å². The fourth-order valence-corrected chi connectivity index (χ4v) is 7.90. The summed E-state index contributed by atoms with van der Waals surface area (Å²) >= 11 is 0. The lowest BCUT2D eigenvalue weighted by Crippen LogP contribution is -2.85. The first kappa shape index (κ1) is 17.3. The molecule has 6 fully saturated rings. The van der Waals surface area contributed by atoms with E-state index in [9.17, 15) is 25.2 Å². The van der Waals surface area contributed by atoms with Crippen LogP contribution in [0.5, 0.6) is 0 Å². The zero-order valence-corrected chi connectivity index (χ0v) is 15.3. The van der Waals surface area contributed by atoms with Crippen LogP contribution in [-0.4, -0.2) is 56.9 Å². The molecule has 0 unspecified atom stereocenters. The van der Waals surface area contributed by atoms with Crippen molar-refractivity contribution in [1.29, 1.82) is 0 Å². The first-order valence-corrected chi connectivity index (χ1v) is 9.71. The summed E-state index contributed by atoms with van der Waals surface area (Å²) in [6, 6.07) is 0. The van der Waals surface area contributed by atoms with E-state index in [2.05, 4.69) is 6.58 Å². The molecular weight excluding hydrogens is 336 g/mol. The van der Waals surface area contributed by atoms with Gasteiger partial charge < -0.3 is 25.2 Å². The minimum Gasteiger partial charge on any atom is -0.392 e. The highest BCUT2D eigenvalue weighted by Gasteiger charge is 2.86. The van der Waals surface area contributed by atoms with Crippen LogP contribution in [0.15, 0.2) is 12.2 Å². The predicted octanol–water partition coefficient (Wildman–Crippen LogP) is 0.376. The van der Waals surface area contributed by atoms with Crippen molar-refractivity contribution in [3.63, 3.8) is 0 Å². The average molecular weight is 364 g/mol. The summed E-state index contributed by atoms with van der Waals surface area (Å²) < 4.78 is 5.80. The van der Waals surface area contributed by atoms with E-state index in [-0.39, 0.29) is 12.0 Å². The number of Topliss-reactive ketones (excluding diaryl/α,β-unsaturated/α-hetero) is 1. The molecule has 4 N–H and O–H groups in total. The second-order valence-electron chi connectivity index (χ2n) is 9.97. The molecule has 2 aliphatic heterocycles. The summed E-state index contributed by atoms with van der Waals surface area (Å²) in [5.74, 6) is -3.80. The summed E-state index contributed by atoms with van der Waals surface area (Å²) in [7, 11) is 0. The van der Waals surface area contributed by atoms with Gasteiger partial charge in [-0.1, -0.05) is 20.4 Å². The number of ether oxygens (including phenoxy) is 1. The molecule has 0 amide bonds. The number of carbonyl (C=O) groups is 1. The molecule has 6 nitrogen and oxygen atoms in total. The molecule has 4 aliphatic carbocycles. The van der Waals surface area contributed by atoms with Crippen LogP contribution in [0.2, 0.25) is 0 Å². The fourth-order valence-electron chi connectivity index (χ4n) is 7.90. The van der Waals surface area contributed by atoms with E-state index < -0.39 is 58.5 Å². The smallest absolute Gasteiger partial charge is 0.208 e. The van der Waals surface area contributed by atoms with E-state index in [1.165, 1.54) is 0 Å². The van der Waals surface area contributed by atoms with Gasteiger partial charge in [-0.3, -0.25) is 4.79 Å². The third kappa shape index (κ3) is 1.41. The Bertz CT molecular complexity index is 717. The van der Waals surface area contributed by atoms with Crippen LogP contribution >= 0.6 is 0 Å². The maximum atomic E-state index is 13.3. The second kappa shape index (κ2) is 4.61. The van der Waals surface area contributed by atoms with Crippen LogP contribution < -0.4 is 0 Å². The standard InChI is InChI=1S/C20H28O6/c1-9-10-4-5-11-18-8-26-20(25,19(11,14(9)22)15(10)23)16(24)13(18)17(2,3)7-6-12(18)21/h10-13,15-16,21,23-25H,1,4-8H2,2-3H3/t10-,11+,12+,13-,15+,16+,18-,19+,20-/m1/s1. The number of aliphatic hydroxyl groups excluding tert-OH is 3. The van der Waals surface area contributed by atoms with Gasteiger partial charge in [0.25, 0.3) is 0 Å². The molecule has 26 heavy (non-hydrogen) atoms. The van der Waals surface area contributed by atoms with Crippen molar-refractivity contribution in [3.8, 4) is 0 Å². The van der Waals surface area contributed by atoms with Crippen molar-refractivity contribution in [1.82, 2.24) is 0 Å². The van der Waals surface area contributed by atoms with E-state index in [4.69, 9.17) is 4.74 Å². The van der Waals surface area contributed by atoms with E-state index in [1.807, 2.05) is 13.8 Å². The minimum absolute atomic E-state index is 0.0966. The van der Waals surface area contributed by atoms with E-state index in [0.29, 0.717) is 24.8 Å². The van der Waals surface area contributed by atoms with E-state index in [0.717, 1.165) is 6.42 Å². The Morgan fingerprint density at radius 1 is 1.12 bits per heavy atom. The number of hydrogen-bond acceptors (Lipinski definition) is 6. The Morgan fingerprint density at radius 3 is 2.50 bits per heavy atom. The van der Waals surface area contributed by atoms with Crippen molar-refractivity contribution in [2.24, 2.45) is 34.0 Å². The third-order valence-corrected chi connectivity index (χ3v) is 8.88. The number of rotatable bonds is 0. The van der Waals surface area contributed by atoms with Gasteiger partial charge in [0.1, 0.15) is 11.5 Å². The van der Waals surface area contributed by atoms with Gasteiger partial charge in [-0.25, -0.2) is 0 Å². The summed E-state index contributed by atoms with van der Waals surface area (Å²) in [6.07, 6.45) is -0.747. The minimum atomic E-state index is -2.15. The maximum absolute atomic E-state index is 13.3. The molecule has 6 rings (SSSR count). The fraction of sp³-hybridized carbons (Fsp3) is 0.850. The molecule has 9 atom stereocenters. The molecule has 0 aromatic rings. The molecule has 4 saturated carbocycles. The summed E-state index contributed by atoms with van der Waals surface area (Å²) in [4.78, 5) is 13.3. The van der Waals surface area contributed by atoms with Crippen molar-refractivity contribution in [2.75, 3.05) is 6.61 Å². The highest BCUT2D eigenvalue weighted by atomic mass is 16.6. The molecule has 6 aliphatic rings. The molecule has 0 aromatic carbocycles. The van der Waals surface area contributed by atoms with Gasteiger partial charge in [-0.15, -0.1) is 0 Å². The molecule has 2 saturated heterocycles. The normalized spacial score (nSPS) is 59.9. The summed E-state index contributed by atoms with van der Waals surface area (Å²) in [5, 5.41) is 45.1. The number of carbonyl (C=O) groups excluding carboxylic acids is 1. The second-order valence-corrected chi connectivity index (χ2v) is 9.97. The molecule has 4 bridgehead atoms. The van der Waals surface area contributed by atoms with Gasteiger partial charge in [-0.2, -0.15) is 0 Å². The molecule has 2 spiro atoms. The van der Waals surface area contributed by atoms with Crippen LogP contribution in [0.4, 0.5) is 0 Å². The van der Waals surface area contributed by atoms with Crippen molar-refractivity contribution < 1.29 is 30.0 Å². The van der Waals surface area contributed by atoms with Gasteiger partial charge in [0.05, 0.1) is 18.8 Å². The number of ketones is 1. The Balaban J connectivity index is 1.81. The Hall–Kier alpha value is -0.790. The molecule has 6 heteroatoms. The Kier molecular flexibility index (Phi) is 3.07. The maximum Gasteiger partial charge on any atom is 0.208 e. The summed E-state index contributed by atoms with van der Waals surface area (Å²) in [6.45, 7) is 8.07. The van der Waals surface area contributed by atoms with Crippen molar-refractivity contribution in [3.05, 3.63) is 12.2 Å². The van der Waals surface area contributed by atoms with Gasteiger partial charge >= 0.3 is 0 Å². The molecule has 2 heterocycles. The first-order valence-electron chi connectivity index (χ1n) is 9.71. The Labute approximate surface area is 152 Å². The highest BCUT2D eigenvalue weighted by molar-refractivity contribution is 6.05. The van der Waals surface area contributed by atoms with E-state index in [1.54, 1.807) is 0 Å². The van der Waals surface area contributed by atoms with Crippen molar-refractivity contribution >= 4 is 5.78 Å². The van der Waals surface area contributed by atoms with Crippen LogP contribution in [0.3, 0.4) is 0 Å². The SMILES string of the molecule is C=C1C(=O)[C@]23[C@@H](O)[C@@H]1CC[C@H]2[C@@]12CO[C@]3(O)[C@@H](O)[C@@H]1C(C)(C)CC[C@@H]2O. The quantitative estimate of drug-likeness (QED) is 0.463. The van der Waals surface area contributed by atoms with Crippen molar-refractivity contribution in [2.45, 2.75) is 63.6 Å². The topological polar surface area (TPSA) is 107 Å². The molecule has 144 valence electrons. The van der Waals surface area contributed by atoms with Gasteiger partial charge in [0.2, 0.25) is 5.79 Å². The monoisotopic (exact) mass is 364 g/mol. The van der Waals surface area contributed by atoms with Crippen LogP contribution in [-0.2, 0) is 9.53 Å². The number of fused-ring (bicyclic) bond motifs is 2. The van der Waals surface area contributed by atoms with E-state index >= 15 is 0 Å². The van der Waals surface area contributed by atoms with Crippen LogP contribution in [0.25, 0.3) is 0 Å². The lowest BCUT2D eigenvalue weighted by atomic mass is 9.35. The van der Waals surface area contributed by atoms with Gasteiger partial charge in [-0.05, 0) is 42.6 Å². The summed E-state index contributed by atoms with van der Waals surface area (Å²) in [5.41, 5.74) is -2.49. The Morgan fingerprint density at radius 2 is 1.81 bits per heavy atom. The highest BCUT2D eigenvalue weighted by Crippen LogP contribution is 2.76. The van der Waals surface area contributed by atoms with Crippen LogP contribution in [0.1, 0.15) is 39.5 Å². The zero-order valence-electron chi connectivity index (χ0n) is 15.3. The van der Waals surface area contributed by atoms with Gasteiger partial charge in [0, 0.05) is 17.3 Å². The third-order valence-electron chi connectivity index (χ3n) is 8.88. The molecular formula is C20H28O6. The van der Waals surface area contributed by atoms with Gasteiger partial charge in [0.15, 0.2) is 5.78 Å². The number of hydrogen-bond donors (Lipinski definition) is 4. The zero-order chi connectivity index (χ0) is 18.9. The molecule has 0 aromatic heterocycles.